The first-order chi connectivity index (χ1) is 10.8. The molecule has 1 fully saturated rings. The summed E-state index contributed by atoms with van der Waals surface area (Å²) in [5, 5.41) is 6.33. The van der Waals surface area contributed by atoms with Gasteiger partial charge in [-0.3, -0.25) is 9.69 Å². The second-order valence-electron chi connectivity index (χ2n) is 5.52. The van der Waals surface area contributed by atoms with Crippen LogP contribution in [0.5, 0.6) is 5.75 Å². The molecule has 0 aromatic heterocycles. The number of piperazine rings is 1. The molecule has 1 aliphatic rings. The third-order valence-electron chi connectivity index (χ3n) is 3.83. The summed E-state index contributed by atoms with van der Waals surface area (Å²) in [6.45, 7) is 8.56. The summed E-state index contributed by atoms with van der Waals surface area (Å²) < 4.78 is 5.41. The van der Waals surface area contributed by atoms with E-state index < -0.39 is 0 Å². The third kappa shape index (κ3) is 7.68. The first-order valence-corrected chi connectivity index (χ1v) is 8.19. The van der Waals surface area contributed by atoms with E-state index in [9.17, 15) is 4.79 Å². The second-order valence-corrected chi connectivity index (χ2v) is 5.52. The molecule has 0 bridgehead atoms. The van der Waals surface area contributed by atoms with Crippen molar-refractivity contribution >= 4 is 18.3 Å². The number of carbonyl (C=O) groups is 1. The molecular formula is C17H28ClN3O2. The Morgan fingerprint density at radius 1 is 1.26 bits per heavy atom. The van der Waals surface area contributed by atoms with Crippen molar-refractivity contribution in [3.05, 3.63) is 29.8 Å². The average molecular weight is 342 g/mol. The van der Waals surface area contributed by atoms with E-state index in [1.54, 1.807) is 0 Å². The lowest BCUT2D eigenvalue weighted by molar-refractivity contribution is -0.121. The predicted octanol–water partition coefficient (Wildman–Crippen LogP) is 1.46. The van der Waals surface area contributed by atoms with Crippen LogP contribution in [-0.4, -0.2) is 56.7 Å². The molecule has 2 N–H and O–H groups in total. The number of amides is 1. The van der Waals surface area contributed by atoms with Gasteiger partial charge in [-0.2, -0.15) is 0 Å². The summed E-state index contributed by atoms with van der Waals surface area (Å²) in [6, 6.07) is 7.97. The van der Waals surface area contributed by atoms with Crippen LogP contribution in [0.3, 0.4) is 0 Å². The van der Waals surface area contributed by atoms with E-state index in [4.69, 9.17) is 4.74 Å². The maximum atomic E-state index is 11.9. The topological polar surface area (TPSA) is 53.6 Å². The Kier molecular flexibility index (Phi) is 9.67. The zero-order valence-corrected chi connectivity index (χ0v) is 14.7. The van der Waals surface area contributed by atoms with Crippen LogP contribution >= 0.6 is 12.4 Å². The van der Waals surface area contributed by atoms with Gasteiger partial charge in [-0.1, -0.05) is 12.1 Å². The summed E-state index contributed by atoms with van der Waals surface area (Å²) in [5.74, 6) is 1.01. The van der Waals surface area contributed by atoms with E-state index in [-0.39, 0.29) is 18.3 Å². The number of nitrogens with one attached hydrogen (secondary N) is 2. The number of halogens is 1. The van der Waals surface area contributed by atoms with Crippen molar-refractivity contribution in [3.8, 4) is 5.75 Å². The highest BCUT2D eigenvalue weighted by Crippen LogP contribution is 2.13. The highest BCUT2D eigenvalue weighted by atomic mass is 35.5. The molecule has 1 aromatic carbocycles. The van der Waals surface area contributed by atoms with Crippen LogP contribution in [0, 0.1) is 0 Å². The summed E-state index contributed by atoms with van der Waals surface area (Å²) in [5.41, 5.74) is 1.17. The molecule has 2 rings (SSSR count). The number of hydrogen-bond acceptors (Lipinski definition) is 4. The summed E-state index contributed by atoms with van der Waals surface area (Å²) in [4.78, 5) is 14.2. The van der Waals surface area contributed by atoms with Gasteiger partial charge in [0.2, 0.25) is 5.91 Å². The summed E-state index contributed by atoms with van der Waals surface area (Å²) in [7, 11) is 0. The van der Waals surface area contributed by atoms with Crippen LogP contribution in [0.25, 0.3) is 0 Å². The largest absolute Gasteiger partial charge is 0.494 e. The smallest absolute Gasteiger partial charge is 0.220 e. The minimum Gasteiger partial charge on any atom is -0.494 e. The molecular weight excluding hydrogens is 314 g/mol. The van der Waals surface area contributed by atoms with E-state index in [0.29, 0.717) is 13.0 Å². The molecule has 1 heterocycles. The lowest BCUT2D eigenvalue weighted by Crippen LogP contribution is -2.46. The molecule has 0 atom stereocenters. The Morgan fingerprint density at radius 3 is 2.61 bits per heavy atom. The van der Waals surface area contributed by atoms with Crippen molar-refractivity contribution in [2.75, 3.05) is 45.9 Å². The lowest BCUT2D eigenvalue weighted by Gasteiger charge is -2.27. The van der Waals surface area contributed by atoms with Gasteiger partial charge in [0, 0.05) is 45.7 Å². The minimum absolute atomic E-state index is 0. The molecule has 1 aliphatic heterocycles. The first-order valence-electron chi connectivity index (χ1n) is 8.19. The molecule has 0 radical (unpaired) electrons. The maximum absolute atomic E-state index is 11.9. The van der Waals surface area contributed by atoms with Gasteiger partial charge in [0.25, 0.3) is 0 Å². The fourth-order valence-corrected chi connectivity index (χ4v) is 2.55. The highest BCUT2D eigenvalue weighted by Gasteiger charge is 2.09. The van der Waals surface area contributed by atoms with Gasteiger partial charge in [0.1, 0.15) is 5.75 Å². The monoisotopic (exact) mass is 341 g/mol. The van der Waals surface area contributed by atoms with Gasteiger partial charge < -0.3 is 15.4 Å². The maximum Gasteiger partial charge on any atom is 0.220 e. The molecule has 0 aliphatic carbocycles. The Morgan fingerprint density at radius 2 is 1.96 bits per heavy atom. The molecule has 23 heavy (non-hydrogen) atoms. The summed E-state index contributed by atoms with van der Waals surface area (Å²) in [6.07, 6.45) is 1.31. The first kappa shape index (κ1) is 19.7. The van der Waals surface area contributed by atoms with Crippen LogP contribution in [-0.2, 0) is 11.2 Å². The SMILES string of the molecule is CCOc1ccc(CCC(=O)NCCN2CCNCC2)cc1.Cl. The fourth-order valence-electron chi connectivity index (χ4n) is 2.55. The normalized spacial score (nSPS) is 14.8. The van der Waals surface area contributed by atoms with E-state index >= 15 is 0 Å². The number of carbonyl (C=O) groups excluding carboxylic acids is 1. The van der Waals surface area contributed by atoms with E-state index in [1.165, 1.54) is 5.56 Å². The molecule has 1 amide bonds. The minimum atomic E-state index is 0. The van der Waals surface area contributed by atoms with Crippen LogP contribution in [0.2, 0.25) is 0 Å². The Hall–Kier alpha value is -1.30. The number of aryl methyl sites for hydroxylation is 1. The van der Waals surface area contributed by atoms with Gasteiger partial charge in [-0.15, -0.1) is 12.4 Å². The van der Waals surface area contributed by atoms with Crippen molar-refractivity contribution in [1.82, 2.24) is 15.5 Å². The zero-order valence-electron chi connectivity index (χ0n) is 13.8. The molecule has 1 aromatic rings. The number of hydrogen-bond donors (Lipinski definition) is 2. The molecule has 1 saturated heterocycles. The second kappa shape index (κ2) is 11.3. The molecule has 130 valence electrons. The third-order valence-corrected chi connectivity index (χ3v) is 3.83. The van der Waals surface area contributed by atoms with Crippen molar-refractivity contribution in [1.29, 1.82) is 0 Å². The van der Waals surface area contributed by atoms with Crippen molar-refractivity contribution < 1.29 is 9.53 Å². The predicted molar refractivity (Wildman–Crippen MR) is 95.5 cm³/mol. The van der Waals surface area contributed by atoms with Crippen LogP contribution in [0.1, 0.15) is 18.9 Å². The van der Waals surface area contributed by atoms with Gasteiger partial charge in [0.05, 0.1) is 6.61 Å². The van der Waals surface area contributed by atoms with Crippen LogP contribution in [0.15, 0.2) is 24.3 Å². The molecule has 0 saturated carbocycles. The fraction of sp³-hybridized carbons (Fsp3) is 0.588. The van der Waals surface area contributed by atoms with Crippen molar-refractivity contribution in [3.63, 3.8) is 0 Å². The van der Waals surface area contributed by atoms with Gasteiger partial charge in [0.15, 0.2) is 0 Å². The highest BCUT2D eigenvalue weighted by molar-refractivity contribution is 5.85. The molecule has 0 spiro atoms. The quantitative estimate of drug-likeness (QED) is 0.751. The molecule has 6 heteroatoms. The van der Waals surface area contributed by atoms with Gasteiger partial charge in [-0.05, 0) is 31.0 Å². The molecule has 0 unspecified atom stereocenters. The van der Waals surface area contributed by atoms with E-state index in [1.807, 2.05) is 31.2 Å². The van der Waals surface area contributed by atoms with E-state index in [2.05, 4.69) is 15.5 Å². The van der Waals surface area contributed by atoms with E-state index in [0.717, 1.165) is 51.4 Å². The molecule has 5 nitrogen and oxygen atoms in total. The summed E-state index contributed by atoms with van der Waals surface area (Å²) >= 11 is 0. The number of benzene rings is 1. The van der Waals surface area contributed by atoms with Gasteiger partial charge in [-0.25, -0.2) is 0 Å². The number of nitrogens with zero attached hydrogens (tertiary/aromatic N) is 1. The van der Waals surface area contributed by atoms with Crippen molar-refractivity contribution in [2.45, 2.75) is 19.8 Å². The Labute approximate surface area is 145 Å². The number of rotatable bonds is 8. The van der Waals surface area contributed by atoms with Crippen LogP contribution < -0.4 is 15.4 Å². The van der Waals surface area contributed by atoms with Gasteiger partial charge >= 0.3 is 0 Å². The number of ether oxygens (including phenoxy) is 1. The standard InChI is InChI=1S/C17H27N3O2.ClH/c1-2-22-16-6-3-15(4-7-16)5-8-17(21)19-11-14-20-12-9-18-10-13-20;/h3-4,6-7,18H,2,5,8-14H2,1H3,(H,19,21);1H. The Balaban J connectivity index is 0.00000264. The van der Waals surface area contributed by atoms with Crippen molar-refractivity contribution in [2.24, 2.45) is 0 Å². The zero-order chi connectivity index (χ0) is 15.6. The lowest BCUT2D eigenvalue weighted by atomic mass is 10.1. The Bertz CT molecular complexity index is 448. The average Bonchev–Trinajstić information content (AvgIpc) is 2.55. The van der Waals surface area contributed by atoms with Crippen LogP contribution in [0.4, 0.5) is 0 Å².